The second-order valence-electron chi connectivity index (χ2n) is 17.9. The van der Waals surface area contributed by atoms with Crippen LogP contribution in [0.2, 0.25) is 0 Å². The Morgan fingerprint density at radius 2 is 0.934 bits per heavy atom. The molecule has 8 aromatic carbocycles. The molecule has 12 rings (SSSR count). The van der Waals surface area contributed by atoms with E-state index in [4.69, 9.17) is 0 Å². The van der Waals surface area contributed by atoms with Gasteiger partial charge in [0, 0.05) is 56.2 Å². The third kappa shape index (κ3) is 5.23. The van der Waals surface area contributed by atoms with Crippen molar-refractivity contribution < 1.29 is 0 Å². The van der Waals surface area contributed by atoms with Crippen LogP contribution in [0.25, 0.3) is 66.6 Å². The van der Waals surface area contributed by atoms with Gasteiger partial charge in [-0.1, -0.05) is 161 Å². The Morgan fingerprint density at radius 3 is 1.59 bits per heavy atom. The standard InChI is InChI=1S/C58H45N3/c1-57(2)51-35-44(60(42-27-23-40(24-28-42)38-15-7-5-8-16-38)43-29-25-41(26-30-43)39-17-9-6-10-18-39)31-33-46(51)47-34-32-45(36-52(47)57)61-53-21-13-11-19-48(53)49-37-59-54-22-14-12-20-50(54)58(3,4)56(59)55(49)61/h5-37H,1-4H3. The lowest BCUT2D eigenvalue weighted by Crippen LogP contribution is -2.17. The molecule has 2 aromatic heterocycles. The summed E-state index contributed by atoms with van der Waals surface area (Å²) in [6, 6.07) is 71.4. The molecular weight excluding hydrogens is 739 g/mol. The molecule has 2 aliphatic rings. The molecule has 0 saturated heterocycles. The van der Waals surface area contributed by atoms with E-state index < -0.39 is 0 Å². The predicted molar refractivity (Wildman–Crippen MR) is 255 cm³/mol. The van der Waals surface area contributed by atoms with Gasteiger partial charge in [0.2, 0.25) is 0 Å². The maximum absolute atomic E-state index is 2.54. The minimum absolute atomic E-state index is 0.150. The summed E-state index contributed by atoms with van der Waals surface area (Å²) in [5.41, 5.74) is 20.9. The zero-order valence-corrected chi connectivity index (χ0v) is 34.9. The van der Waals surface area contributed by atoms with Gasteiger partial charge in [0.05, 0.1) is 16.7 Å². The van der Waals surface area contributed by atoms with Gasteiger partial charge < -0.3 is 14.0 Å². The molecule has 0 atom stereocenters. The molecule has 1 aliphatic carbocycles. The van der Waals surface area contributed by atoms with Crippen LogP contribution in [0.1, 0.15) is 50.1 Å². The molecule has 3 heterocycles. The van der Waals surface area contributed by atoms with Crippen LogP contribution >= 0.6 is 0 Å². The van der Waals surface area contributed by atoms with Crippen molar-refractivity contribution in [1.82, 2.24) is 9.13 Å². The Kier molecular flexibility index (Phi) is 7.62. The summed E-state index contributed by atoms with van der Waals surface area (Å²) < 4.78 is 4.99. The highest BCUT2D eigenvalue weighted by Crippen LogP contribution is 2.53. The summed E-state index contributed by atoms with van der Waals surface area (Å²) in [4.78, 5) is 2.41. The van der Waals surface area contributed by atoms with E-state index >= 15 is 0 Å². The Hall–Kier alpha value is -7.36. The van der Waals surface area contributed by atoms with E-state index in [1.807, 2.05) is 0 Å². The second kappa shape index (κ2) is 13.1. The minimum atomic E-state index is -0.239. The topological polar surface area (TPSA) is 13.1 Å². The maximum Gasteiger partial charge on any atom is 0.0763 e. The quantitative estimate of drug-likeness (QED) is 0.164. The lowest BCUT2D eigenvalue weighted by Gasteiger charge is -2.28. The van der Waals surface area contributed by atoms with Crippen LogP contribution < -0.4 is 4.90 Å². The smallest absolute Gasteiger partial charge is 0.0763 e. The molecule has 292 valence electrons. The van der Waals surface area contributed by atoms with Gasteiger partial charge in [0.1, 0.15) is 0 Å². The van der Waals surface area contributed by atoms with E-state index in [0.29, 0.717) is 0 Å². The van der Waals surface area contributed by atoms with E-state index in [2.05, 4.69) is 242 Å². The van der Waals surface area contributed by atoms with Crippen molar-refractivity contribution in [1.29, 1.82) is 0 Å². The average Bonchev–Trinajstić information content (AvgIpc) is 3.98. The zero-order valence-electron chi connectivity index (χ0n) is 34.9. The number of hydrogen-bond donors (Lipinski definition) is 0. The van der Waals surface area contributed by atoms with Crippen molar-refractivity contribution in [3.8, 4) is 44.8 Å². The number of benzene rings is 8. The van der Waals surface area contributed by atoms with Gasteiger partial charge in [0.15, 0.2) is 0 Å². The summed E-state index contributed by atoms with van der Waals surface area (Å²) in [7, 11) is 0. The first-order valence-electron chi connectivity index (χ1n) is 21.4. The highest BCUT2D eigenvalue weighted by atomic mass is 15.1. The summed E-state index contributed by atoms with van der Waals surface area (Å²) in [5, 5.41) is 2.59. The summed E-state index contributed by atoms with van der Waals surface area (Å²) in [6.07, 6.45) is 2.38. The maximum atomic E-state index is 2.54. The van der Waals surface area contributed by atoms with Gasteiger partial charge in [-0.05, 0) is 111 Å². The van der Waals surface area contributed by atoms with Crippen LogP contribution in [0.4, 0.5) is 17.1 Å². The fourth-order valence-electron chi connectivity index (χ4n) is 10.6. The third-order valence-electron chi connectivity index (χ3n) is 13.7. The van der Waals surface area contributed by atoms with Gasteiger partial charge in [0.25, 0.3) is 0 Å². The molecule has 0 unspecified atom stereocenters. The number of anilines is 3. The number of rotatable bonds is 6. The summed E-state index contributed by atoms with van der Waals surface area (Å²) >= 11 is 0. The number of aromatic nitrogens is 2. The van der Waals surface area contributed by atoms with E-state index in [0.717, 1.165) is 17.1 Å². The fraction of sp³-hybridized carbons (Fsp3) is 0.103. The normalized spacial score (nSPS) is 14.2. The van der Waals surface area contributed by atoms with Crippen molar-refractivity contribution in [2.45, 2.75) is 38.5 Å². The Balaban J connectivity index is 0.980. The molecule has 0 N–H and O–H groups in total. The SMILES string of the molecule is CC1(C)c2cc(N(c3ccc(-c4ccccc4)cc3)c3ccc(-c4ccccc4)cc3)ccc2-c2ccc(-n3c4ccccc4c4cn5c(c43)C(C)(C)c3ccccc3-5)cc21. The second-order valence-corrected chi connectivity index (χ2v) is 17.9. The summed E-state index contributed by atoms with van der Waals surface area (Å²) in [6.45, 7) is 9.56. The first-order chi connectivity index (χ1) is 29.8. The van der Waals surface area contributed by atoms with Gasteiger partial charge >= 0.3 is 0 Å². The summed E-state index contributed by atoms with van der Waals surface area (Å²) in [5.74, 6) is 0. The van der Waals surface area contributed by atoms with Crippen molar-refractivity contribution in [3.05, 3.63) is 223 Å². The molecule has 10 aromatic rings. The van der Waals surface area contributed by atoms with Crippen LogP contribution in [0, 0.1) is 0 Å². The molecule has 3 heteroatoms. The molecule has 61 heavy (non-hydrogen) atoms. The number of nitrogens with zero attached hydrogens (tertiary/aromatic N) is 3. The number of para-hydroxylation sites is 2. The predicted octanol–water partition coefficient (Wildman–Crippen LogP) is 15.3. The number of fused-ring (bicyclic) bond motifs is 10. The van der Waals surface area contributed by atoms with Crippen LogP contribution in [-0.4, -0.2) is 9.13 Å². The van der Waals surface area contributed by atoms with Crippen LogP contribution in [0.3, 0.4) is 0 Å². The Labute approximate surface area is 357 Å². The Morgan fingerprint density at radius 1 is 0.410 bits per heavy atom. The molecule has 0 spiro atoms. The molecule has 0 bridgehead atoms. The van der Waals surface area contributed by atoms with E-state index in [1.54, 1.807) is 0 Å². The van der Waals surface area contributed by atoms with Crippen LogP contribution in [0.15, 0.2) is 200 Å². The average molecular weight is 784 g/mol. The molecule has 1 aliphatic heterocycles. The first-order valence-corrected chi connectivity index (χ1v) is 21.4. The molecule has 0 saturated carbocycles. The molecule has 3 nitrogen and oxygen atoms in total. The van der Waals surface area contributed by atoms with E-state index in [-0.39, 0.29) is 10.8 Å². The van der Waals surface area contributed by atoms with E-state index in [9.17, 15) is 0 Å². The fourth-order valence-corrected chi connectivity index (χ4v) is 10.6. The van der Waals surface area contributed by atoms with Crippen molar-refractivity contribution in [3.63, 3.8) is 0 Å². The van der Waals surface area contributed by atoms with Gasteiger partial charge in [-0.2, -0.15) is 0 Å². The zero-order chi connectivity index (χ0) is 41.0. The largest absolute Gasteiger partial charge is 0.317 e. The minimum Gasteiger partial charge on any atom is -0.317 e. The molecule has 0 amide bonds. The van der Waals surface area contributed by atoms with E-state index in [1.165, 1.54) is 88.9 Å². The van der Waals surface area contributed by atoms with Gasteiger partial charge in [-0.15, -0.1) is 0 Å². The highest BCUT2D eigenvalue weighted by Gasteiger charge is 2.41. The molecule has 0 fully saturated rings. The lowest BCUT2D eigenvalue weighted by molar-refractivity contribution is 0.646. The lowest BCUT2D eigenvalue weighted by atomic mass is 9.82. The van der Waals surface area contributed by atoms with Crippen LogP contribution in [-0.2, 0) is 10.8 Å². The number of hydrogen-bond acceptors (Lipinski definition) is 1. The molecular formula is C58H45N3. The van der Waals surface area contributed by atoms with Gasteiger partial charge in [-0.25, -0.2) is 0 Å². The van der Waals surface area contributed by atoms with Crippen molar-refractivity contribution >= 4 is 38.9 Å². The first kappa shape index (κ1) is 35.6. The Bertz CT molecular complexity index is 3240. The van der Waals surface area contributed by atoms with Gasteiger partial charge in [-0.3, -0.25) is 0 Å². The van der Waals surface area contributed by atoms with Crippen molar-refractivity contribution in [2.75, 3.05) is 4.90 Å². The highest BCUT2D eigenvalue weighted by molar-refractivity contribution is 6.11. The van der Waals surface area contributed by atoms with Crippen LogP contribution in [0.5, 0.6) is 0 Å². The monoisotopic (exact) mass is 783 g/mol. The third-order valence-corrected chi connectivity index (χ3v) is 13.7. The molecule has 0 radical (unpaired) electrons. The van der Waals surface area contributed by atoms with Crippen molar-refractivity contribution in [2.24, 2.45) is 0 Å².